The second kappa shape index (κ2) is 6.43. The van der Waals surface area contributed by atoms with Crippen LogP contribution >= 0.6 is 0 Å². The lowest BCUT2D eigenvalue weighted by atomic mass is 10.1. The number of aromatic hydroxyl groups is 1. The van der Waals surface area contributed by atoms with Gasteiger partial charge in [-0.05, 0) is 38.0 Å². The van der Waals surface area contributed by atoms with E-state index in [0.29, 0.717) is 18.3 Å². The van der Waals surface area contributed by atoms with E-state index in [1.807, 2.05) is 18.2 Å². The number of phenols is 1. The van der Waals surface area contributed by atoms with Gasteiger partial charge in [0.2, 0.25) is 0 Å². The Kier molecular flexibility index (Phi) is 4.63. The van der Waals surface area contributed by atoms with Crippen LogP contribution in [0.2, 0.25) is 0 Å². The Morgan fingerprint density at radius 2 is 2.00 bits per heavy atom. The molecule has 102 valence electrons. The molecule has 1 atom stereocenters. The van der Waals surface area contributed by atoms with E-state index in [9.17, 15) is 5.11 Å². The number of rotatable bonds is 6. The van der Waals surface area contributed by atoms with E-state index in [0.717, 1.165) is 18.4 Å². The molecule has 0 saturated carbocycles. The third kappa shape index (κ3) is 3.86. The van der Waals surface area contributed by atoms with Gasteiger partial charge in [0.15, 0.2) is 0 Å². The van der Waals surface area contributed by atoms with Gasteiger partial charge >= 0.3 is 0 Å². The van der Waals surface area contributed by atoms with Gasteiger partial charge in [-0.25, -0.2) is 0 Å². The van der Waals surface area contributed by atoms with Crippen LogP contribution in [0.15, 0.2) is 42.6 Å². The third-order valence-corrected chi connectivity index (χ3v) is 3.52. The SMILES string of the molecule is C[C@H](CCc1cccn1C)NCc1ccccc1O. The van der Waals surface area contributed by atoms with Crippen LogP contribution in [-0.2, 0) is 20.0 Å². The van der Waals surface area contributed by atoms with E-state index in [1.54, 1.807) is 6.07 Å². The van der Waals surface area contributed by atoms with Gasteiger partial charge in [0.1, 0.15) is 5.75 Å². The largest absolute Gasteiger partial charge is 0.508 e. The van der Waals surface area contributed by atoms with Gasteiger partial charge in [-0.3, -0.25) is 0 Å². The summed E-state index contributed by atoms with van der Waals surface area (Å²) < 4.78 is 2.16. The summed E-state index contributed by atoms with van der Waals surface area (Å²) in [6.45, 7) is 2.89. The Bertz CT molecular complexity index is 519. The van der Waals surface area contributed by atoms with Crippen molar-refractivity contribution in [2.75, 3.05) is 0 Å². The molecule has 1 aromatic heterocycles. The molecule has 1 aromatic carbocycles. The van der Waals surface area contributed by atoms with E-state index in [4.69, 9.17) is 0 Å². The molecular weight excluding hydrogens is 236 g/mol. The Balaban J connectivity index is 1.77. The fourth-order valence-corrected chi connectivity index (χ4v) is 2.17. The fourth-order valence-electron chi connectivity index (χ4n) is 2.17. The highest BCUT2D eigenvalue weighted by Gasteiger charge is 2.05. The Morgan fingerprint density at radius 3 is 2.68 bits per heavy atom. The number of hydrogen-bond acceptors (Lipinski definition) is 2. The first-order valence-corrected chi connectivity index (χ1v) is 6.77. The van der Waals surface area contributed by atoms with Crippen molar-refractivity contribution in [1.82, 2.24) is 9.88 Å². The van der Waals surface area contributed by atoms with Crippen molar-refractivity contribution < 1.29 is 5.11 Å². The number of nitrogens with one attached hydrogen (secondary N) is 1. The lowest BCUT2D eigenvalue weighted by molar-refractivity contribution is 0.454. The molecule has 2 rings (SSSR count). The minimum absolute atomic E-state index is 0.365. The van der Waals surface area contributed by atoms with E-state index in [-0.39, 0.29) is 0 Å². The van der Waals surface area contributed by atoms with Gasteiger partial charge in [0.25, 0.3) is 0 Å². The average Bonchev–Trinajstić information content (AvgIpc) is 2.81. The molecule has 0 radical (unpaired) electrons. The molecular formula is C16H22N2O. The third-order valence-electron chi connectivity index (χ3n) is 3.52. The summed E-state index contributed by atoms with van der Waals surface area (Å²) >= 11 is 0. The number of para-hydroxylation sites is 1. The normalized spacial score (nSPS) is 12.5. The number of hydrogen-bond donors (Lipinski definition) is 2. The van der Waals surface area contributed by atoms with E-state index in [2.05, 4.69) is 42.2 Å². The standard InChI is InChI=1S/C16H22N2O/c1-13(9-10-15-7-5-11-18(15)2)17-12-14-6-3-4-8-16(14)19/h3-8,11,13,17,19H,9-10,12H2,1-2H3/t13-/m1/s1. The molecule has 3 nitrogen and oxygen atoms in total. The van der Waals surface area contributed by atoms with Gasteiger partial charge in [-0.1, -0.05) is 18.2 Å². The van der Waals surface area contributed by atoms with Crippen LogP contribution in [0.4, 0.5) is 0 Å². The minimum atomic E-state index is 0.365. The van der Waals surface area contributed by atoms with Crippen molar-refractivity contribution >= 4 is 0 Å². The van der Waals surface area contributed by atoms with E-state index >= 15 is 0 Å². The first-order valence-electron chi connectivity index (χ1n) is 6.77. The summed E-state index contributed by atoms with van der Waals surface area (Å²) in [5, 5.41) is 13.1. The number of nitrogens with zero attached hydrogens (tertiary/aromatic N) is 1. The molecule has 2 N–H and O–H groups in total. The van der Waals surface area contributed by atoms with Crippen molar-refractivity contribution in [2.45, 2.75) is 32.4 Å². The zero-order chi connectivity index (χ0) is 13.7. The number of benzene rings is 1. The summed E-state index contributed by atoms with van der Waals surface area (Å²) in [4.78, 5) is 0. The van der Waals surface area contributed by atoms with Crippen molar-refractivity contribution in [3.05, 3.63) is 53.9 Å². The molecule has 0 bridgehead atoms. The van der Waals surface area contributed by atoms with E-state index in [1.165, 1.54) is 5.69 Å². The van der Waals surface area contributed by atoms with Crippen LogP contribution in [0, 0.1) is 0 Å². The number of aryl methyl sites for hydroxylation is 2. The molecule has 0 unspecified atom stereocenters. The molecule has 0 aliphatic carbocycles. The van der Waals surface area contributed by atoms with Crippen molar-refractivity contribution in [3.63, 3.8) is 0 Å². The molecule has 2 aromatic rings. The lowest BCUT2D eigenvalue weighted by Gasteiger charge is -2.14. The molecule has 0 spiro atoms. The summed E-state index contributed by atoms with van der Waals surface area (Å²) in [7, 11) is 2.08. The average molecular weight is 258 g/mol. The summed E-state index contributed by atoms with van der Waals surface area (Å²) in [6, 6.07) is 12.1. The summed E-state index contributed by atoms with van der Waals surface area (Å²) in [5.74, 6) is 0.365. The lowest BCUT2D eigenvalue weighted by Crippen LogP contribution is -2.26. The van der Waals surface area contributed by atoms with Gasteiger partial charge in [-0.15, -0.1) is 0 Å². The minimum Gasteiger partial charge on any atom is -0.508 e. The summed E-state index contributed by atoms with van der Waals surface area (Å²) in [5.41, 5.74) is 2.31. The second-order valence-corrected chi connectivity index (χ2v) is 5.06. The van der Waals surface area contributed by atoms with Gasteiger partial charge in [0.05, 0.1) is 0 Å². The second-order valence-electron chi connectivity index (χ2n) is 5.06. The molecule has 0 fully saturated rings. The highest BCUT2D eigenvalue weighted by Crippen LogP contribution is 2.15. The Hall–Kier alpha value is -1.74. The molecule has 0 amide bonds. The zero-order valence-corrected chi connectivity index (χ0v) is 11.6. The van der Waals surface area contributed by atoms with Crippen LogP contribution in [0.3, 0.4) is 0 Å². The maximum absolute atomic E-state index is 9.70. The van der Waals surface area contributed by atoms with Crippen molar-refractivity contribution in [2.24, 2.45) is 7.05 Å². The van der Waals surface area contributed by atoms with Gasteiger partial charge in [-0.2, -0.15) is 0 Å². The van der Waals surface area contributed by atoms with Crippen LogP contribution in [0.1, 0.15) is 24.6 Å². The molecule has 0 aliphatic rings. The Labute approximate surface area is 114 Å². The molecule has 3 heteroatoms. The van der Waals surface area contributed by atoms with Crippen LogP contribution < -0.4 is 5.32 Å². The zero-order valence-electron chi connectivity index (χ0n) is 11.6. The van der Waals surface area contributed by atoms with Crippen LogP contribution in [0.5, 0.6) is 5.75 Å². The molecule has 0 aliphatic heterocycles. The highest BCUT2D eigenvalue weighted by atomic mass is 16.3. The quantitative estimate of drug-likeness (QED) is 0.836. The van der Waals surface area contributed by atoms with Crippen molar-refractivity contribution in [3.8, 4) is 5.75 Å². The topological polar surface area (TPSA) is 37.2 Å². The van der Waals surface area contributed by atoms with Crippen LogP contribution in [-0.4, -0.2) is 15.7 Å². The fraction of sp³-hybridized carbons (Fsp3) is 0.375. The summed E-state index contributed by atoms with van der Waals surface area (Å²) in [6.07, 6.45) is 4.24. The van der Waals surface area contributed by atoms with Gasteiger partial charge < -0.3 is 15.0 Å². The molecule has 19 heavy (non-hydrogen) atoms. The molecule has 1 heterocycles. The van der Waals surface area contributed by atoms with E-state index < -0.39 is 0 Å². The van der Waals surface area contributed by atoms with Crippen LogP contribution in [0.25, 0.3) is 0 Å². The predicted octanol–water partition coefficient (Wildman–Crippen LogP) is 2.84. The maximum Gasteiger partial charge on any atom is 0.120 e. The number of phenolic OH excluding ortho intramolecular Hbond substituents is 1. The first kappa shape index (κ1) is 13.7. The first-order chi connectivity index (χ1) is 9.16. The monoisotopic (exact) mass is 258 g/mol. The maximum atomic E-state index is 9.70. The predicted molar refractivity (Wildman–Crippen MR) is 78.1 cm³/mol. The number of aromatic nitrogens is 1. The van der Waals surface area contributed by atoms with Gasteiger partial charge in [0, 0.05) is 37.1 Å². The smallest absolute Gasteiger partial charge is 0.120 e. The van der Waals surface area contributed by atoms with Crippen molar-refractivity contribution in [1.29, 1.82) is 0 Å². The Morgan fingerprint density at radius 1 is 1.21 bits per heavy atom. The highest BCUT2D eigenvalue weighted by molar-refractivity contribution is 5.31. The molecule has 0 saturated heterocycles.